The third-order valence-electron chi connectivity index (χ3n) is 4.70. The molecule has 2 aromatic rings. The van der Waals surface area contributed by atoms with Gasteiger partial charge in [-0.25, -0.2) is 9.59 Å². The number of fused-ring (bicyclic) bond motifs is 1. The van der Waals surface area contributed by atoms with E-state index in [-0.39, 0.29) is 29.7 Å². The molecule has 0 bridgehead atoms. The van der Waals surface area contributed by atoms with E-state index in [0.717, 1.165) is 9.09 Å². The van der Waals surface area contributed by atoms with E-state index in [2.05, 4.69) is 22.6 Å². The minimum absolute atomic E-state index is 0.0112. The topological polar surface area (TPSA) is 77.8 Å². The quantitative estimate of drug-likeness (QED) is 0.460. The third-order valence-corrected chi connectivity index (χ3v) is 5.37. The van der Waals surface area contributed by atoms with Crippen LogP contribution in [0.25, 0.3) is 10.9 Å². The summed E-state index contributed by atoms with van der Waals surface area (Å²) in [4.78, 5) is 39.4. The molecule has 1 aliphatic rings. The van der Waals surface area contributed by atoms with Gasteiger partial charge < -0.3 is 18.9 Å². The molecule has 1 fully saturated rings. The van der Waals surface area contributed by atoms with Crippen molar-refractivity contribution in [2.75, 3.05) is 19.7 Å². The summed E-state index contributed by atoms with van der Waals surface area (Å²) in [5.41, 5.74) is -0.153. The number of likely N-dealkylation sites (tertiary alicyclic amines) is 1. The van der Waals surface area contributed by atoms with Crippen molar-refractivity contribution in [1.29, 1.82) is 0 Å². The number of aromatic nitrogens is 1. The lowest BCUT2D eigenvalue weighted by Crippen LogP contribution is -2.35. The van der Waals surface area contributed by atoms with Crippen LogP contribution < -0.4 is 5.43 Å². The Bertz CT molecular complexity index is 1010. The zero-order valence-electron chi connectivity index (χ0n) is 17.0. The molecule has 3 rings (SSSR count). The van der Waals surface area contributed by atoms with Crippen LogP contribution in [0.5, 0.6) is 0 Å². The Morgan fingerprint density at radius 1 is 1.28 bits per heavy atom. The molecule has 1 aromatic heterocycles. The van der Waals surface area contributed by atoms with Gasteiger partial charge in [-0.2, -0.15) is 0 Å². The summed E-state index contributed by atoms with van der Waals surface area (Å²) in [5.74, 6) is -0.631. The number of esters is 1. The van der Waals surface area contributed by atoms with Crippen molar-refractivity contribution >= 4 is 45.6 Å². The molecule has 7 nitrogen and oxygen atoms in total. The molecule has 2 heterocycles. The Kier molecular flexibility index (Phi) is 6.21. The number of hydrogen-bond acceptors (Lipinski definition) is 5. The minimum atomic E-state index is -0.631. The van der Waals surface area contributed by atoms with Crippen molar-refractivity contribution in [3.63, 3.8) is 0 Å². The number of amides is 1. The molecule has 1 saturated heterocycles. The number of carbonyl (C=O) groups is 2. The lowest BCUT2D eigenvalue weighted by atomic mass is 10.1. The molecule has 1 amide bonds. The van der Waals surface area contributed by atoms with Gasteiger partial charge in [-0.05, 0) is 74.9 Å². The second kappa shape index (κ2) is 8.33. The van der Waals surface area contributed by atoms with E-state index < -0.39 is 11.6 Å². The number of halogens is 1. The predicted octanol–water partition coefficient (Wildman–Crippen LogP) is 3.96. The Hall–Kier alpha value is -2.10. The largest absolute Gasteiger partial charge is 0.462 e. The van der Waals surface area contributed by atoms with E-state index in [9.17, 15) is 14.4 Å². The molecule has 8 heteroatoms. The fourth-order valence-corrected chi connectivity index (χ4v) is 3.94. The van der Waals surface area contributed by atoms with Crippen molar-refractivity contribution in [3.05, 3.63) is 43.8 Å². The normalized spacial score (nSPS) is 16.9. The minimum Gasteiger partial charge on any atom is -0.462 e. The van der Waals surface area contributed by atoms with Gasteiger partial charge in [-0.3, -0.25) is 4.79 Å². The smallest absolute Gasteiger partial charge is 0.410 e. The van der Waals surface area contributed by atoms with Crippen molar-refractivity contribution < 1.29 is 19.1 Å². The fourth-order valence-electron chi connectivity index (χ4n) is 3.45. The van der Waals surface area contributed by atoms with Crippen LogP contribution in [-0.4, -0.2) is 46.8 Å². The zero-order valence-corrected chi connectivity index (χ0v) is 19.2. The van der Waals surface area contributed by atoms with Crippen molar-refractivity contribution in [1.82, 2.24) is 9.47 Å². The third kappa shape index (κ3) is 4.73. The van der Waals surface area contributed by atoms with Crippen molar-refractivity contribution in [2.24, 2.45) is 0 Å². The predicted molar refractivity (Wildman–Crippen MR) is 118 cm³/mol. The maximum atomic E-state index is 12.9. The first-order valence-corrected chi connectivity index (χ1v) is 10.7. The van der Waals surface area contributed by atoms with Gasteiger partial charge >= 0.3 is 12.1 Å². The summed E-state index contributed by atoms with van der Waals surface area (Å²) in [6.45, 7) is 8.39. The van der Waals surface area contributed by atoms with Crippen LogP contribution in [0.4, 0.5) is 4.79 Å². The van der Waals surface area contributed by atoms with Gasteiger partial charge in [0.15, 0.2) is 0 Å². The molecular formula is C21H25IN2O5. The van der Waals surface area contributed by atoms with Crippen LogP contribution in [0.2, 0.25) is 0 Å². The summed E-state index contributed by atoms with van der Waals surface area (Å²) in [6.07, 6.45) is 1.91. The average molecular weight is 512 g/mol. The highest BCUT2D eigenvalue weighted by Crippen LogP contribution is 2.27. The Morgan fingerprint density at radius 3 is 2.66 bits per heavy atom. The first-order chi connectivity index (χ1) is 13.6. The number of pyridine rings is 1. The molecular weight excluding hydrogens is 487 g/mol. The molecule has 1 aromatic carbocycles. The summed E-state index contributed by atoms with van der Waals surface area (Å²) in [6, 6.07) is 5.50. The van der Waals surface area contributed by atoms with Gasteiger partial charge in [0.25, 0.3) is 0 Å². The van der Waals surface area contributed by atoms with Crippen LogP contribution >= 0.6 is 22.6 Å². The van der Waals surface area contributed by atoms with Crippen LogP contribution in [0.1, 0.15) is 50.5 Å². The van der Waals surface area contributed by atoms with Gasteiger partial charge in [0.2, 0.25) is 5.43 Å². The van der Waals surface area contributed by atoms with Crippen LogP contribution in [0.3, 0.4) is 0 Å². The highest BCUT2D eigenvalue weighted by atomic mass is 127. The van der Waals surface area contributed by atoms with Gasteiger partial charge in [-0.15, -0.1) is 0 Å². The van der Waals surface area contributed by atoms with Gasteiger partial charge in [0.05, 0.1) is 18.2 Å². The number of carbonyl (C=O) groups excluding carboxylic acids is 2. The van der Waals surface area contributed by atoms with Crippen molar-refractivity contribution in [3.8, 4) is 0 Å². The zero-order chi connectivity index (χ0) is 21.3. The molecule has 0 saturated carbocycles. The molecule has 1 unspecified atom stereocenters. The van der Waals surface area contributed by atoms with E-state index in [1.54, 1.807) is 24.1 Å². The van der Waals surface area contributed by atoms with E-state index >= 15 is 0 Å². The van der Waals surface area contributed by atoms with Crippen LogP contribution in [0.15, 0.2) is 29.2 Å². The first kappa shape index (κ1) is 21.6. The number of benzene rings is 1. The summed E-state index contributed by atoms with van der Waals surface area (Å²) in [7, 11) is 0. The summed E-state index contributed by atoms with van der Waals surface area (Å²) in [5, 5.41) is 0.471. The second-order valence-corrected chi connectivity index (χ2v) is 9.28. The maximum absolute atomic E-state index is 12.9. The molecule has 156 valence electrons. The lowest BCUT2D eigenvalue weighted by Gasteiger charge is -2.25. The molecule has 0 aliphatic carbocycles. The lowest BCUT2D eigenvalue weighted by molar-refractivity contribution is 0.0288. The number of nitrogens with zero attached hydrogens (tertiary/aromatic N) is 2. The second-order valence-electron chi connectivity index (χ2n) is 8.03. The molecule has 0 spiro atoms. The van der Waals surface area contributed by atoms with Gasteiger partial charge in [0, 0.05) is 28.2 Å². The molecule has 0 radical (unpaired) electrons. The van der Waals surface area contributed by atoms with Gasteiger partial charge in [-0.1, -0.05) is 0 Å². The van der Waals surface area contributed by atoms with Crippen LogP contribution in [-0.2, 0) is 9.47 Å². The highest BCUT2D eigenvalue weighted by Gasteiger charge is 2.31. The fraction of sp³-hybridized carbons (Fsp3) is 0.476. The molecule has 1 aliphatic heterocycles. The molecule has 29 heavy (non-hydrogen) atoms. The molecule has 1 atom stereocenters. The maximum Gasteiger partial charge on any atom is 0.410 e. The van der Waals surface area contributed by atoms with E-state index in [1.165, 1.54) is 0 Å². The monoisotopic (exact) mass is 512 g/mol. The Labute approximate surface area is 183 Å². The Balaban J connectivity index is 2.01. The molecule has 0 N–H and O–H groups in total. The van der Waals surface area contributed by atoms with E-state index in [0.29, 0.717) is 24.9 Å². The highest BCUT2D eigenvalue weighted by molar-refractivity contribution is 14.1. The van der Waals surface area contributed by atoms with Gasteiger partial charge in [0.1, 0.15) is 11.2 Å². The SMILES string of the molecule is CCOC(=O)c1cn(C2CCN(C(=O)OC(C)(C)C)C2)c2ccc(I)cc2c1=O. The van der Waals surface area contributed by atoms with E-state index in [1.807, 2.05) is 37.5 Å². The van der Waals surface area contributed by atoms with E-state index in [4.69, 9.17) is 9.47 Å². The number of hydrogen-bond donors (Lipinski definition) is 0. The first-order valence-electron chi connectivity index (χ1n) is 9.60. The number of rotatable bonds is 3. The van der Waals surface area contributed by atoms with Crippen molar-refractivity contribution in [2.45, 2.75) is 45.8 Å². The standard InChI is InChI=1S/C21H25IN2O5/c1-5-28-19(26)16-12-24(17-7-6-13(22)10-15(17)18(16)25)14-8-9-23(11-14)20(27)29-21(2,3)4/h6-7,10,12,14H,5,8-9,11H2,1-4H3. The number of ether oxygens (including phenoxy) is 2. The summed E-state index contributed by atoms with van der Waals surface area (Å²) < 4.78 is 13.4. The average Bonchev–Trinajstić information content (AvgIpc) is 3.11. The van der Waals surface area contributed by atoms with Crippen LogP contribution in [0, 0.1) is 3.57 Å². The summed E-state index contributed by atoms with van der Waals surface area (Å²) >= 11 is 2.14. The Morgan fingerprint density at radius 2 is 2.00 bits per heavy atom.